The summed E-state index contributed by atoms with van der Waals surface area (Å²) in [5.41, 5.74) is 0.940. The van der Waals surface area contributed by atoms with E-state index in [4.69, 9.17) is 9.84 Å². The molecular weight excluding hydrogens is 340 g/mol. The fourth-order valence-corrected chi connectivity index (χ4v) is 2.45. The molecule has 1 amide bonds. The van der Waals surface area contributed by atoms with Crippen molar-refractivity contribution >= 4 is 17.6 Å². The standard InChI is InChI=1S/C18H18N2O6/c1-11-3-4-13(9-16(11)20(24)25)18(23)19-15(10-17(21)22)12-5-7-14(26-2)8-6-12/h3-9,15H,10H2,1-2H3,(H,19,23)(H,21,22). The lowest BCUT2D eigenvalue weighted by atomic mass is 10.0. The van der Waals surface area contributed by atoms with Crippen molar-refractivity contribution < 1.29 is 24.4 Å². The number of aryl methyl sites for hydroxylation is 1. The normalized spacial score (nSPS) is 11.5. The number of nitro benzene ring substituents is 1. The molecule has 0 aliphatic carbocycles. The number of carboxylic acid groups (broad SMARTS) is 1. The Morgan fingerprint density at radius 3 is 2.42 bits per heavy atom. The van der Waals surface area contributed by atoms with Crippen LogP contribution in [0.25, 0.3) is 0 Å². The van der Waals surface area contributed by atoms with E-state index in [1.54, 1.807) is 31.2 Å². The van der Waals surface area contributed by atoms with Gasteiger partial charge in [-0.25, -0.2) is 0 Å². The van der Waals surface area contributed by atoms with E-state index < -0.39 is 22.8 Å². The molecule has 1 atom stereocenters. The maximum absolute atomic E-state index is 12.5. The zero-order valence-electron chi connectivity index (χ0n) is 14.3. The summed E-state index contributed by atoms with van der Waals surface area (Å²) in [4.78, 5) is 34.1. The number of nitrogens with one attached hydrogen (secondary N) is 1. The molecule has 2 N–H and O–H groups in total. The number of methoxy groups -OCH3 is 1. The summed E-state index contributed by atoms with van der Waals surface area (Å²) < 4.78 is 5.06. The second-order valence-corrected chi connectivity index (χ2v) is 5.66. The second-order valence-electron chi connectivity index (χ2n) is 5.66. The summed E-state index contributed by atoms with van der Waals surface area (Å²) in [6.07, 6.45) is -0.327. The number of aliphatic carboxylic acids is 1. The molecule has 136 valence electrons. The lowest BCUT2D eigenvalue weighted by Gasteiger charge is -2.18. The minimum atomic E-state index is -1.08. The summed E-state index contributed by atoms with van der Waals surface area (Å²) in [7, 11) is 1.51. The van der Waals surface area contributed by atoms with Gasteiger partial charge in [0, 0.05) is 17.2 Å². The summed E-state index contributed by atoms with van der Waals surface area (Å²) in [6, 6.07) is 9.97. The van der Waals surface area contributed by atoms with Gasteiger partial charge in [0.2, 0.25) is 0 Å². The first-order valence-electron chi connectivity index (χ1n) is 7.73. The molecule has 0 bridgehead atoms. The van der Waals surface area contributed by atoms with E-state index in [1.165, 1.54) is 25.3 Å². The Morgan fingerprint density at radius 1 is 1.23 bits per heavy atom. The Balaban J connectivity index is 2.27. The fourth-order valence-electron chi connectivity index (χ4n) is 2.45. The van der Waals surface area contributed by atoms with Crippen LogP contribution in [-0.2, 0) is 4.79 Å². The molecule has 1 unspecified atom stereocenters. The van der Waals surface area contributed by atoms with Crippen LogP contribution in [0, 0.1) is 17.0 Å². The molecule has 2 aromatic carbocycles. The van der Waals surface area contributed by atoms with Crippen molar-refractivity contribution in [2.75, 3.05) is 7.11 Å². The van der Waals surface area contributed by atoms with E-state index in [9.17, 15) is 19.7 Å². The van der Waals surface area contributed by atoms with Crippen molar-refractivity contribution in [3.8, 4) is 5.75 Å². The minimum Gasteiger partial charge on any atom is -0.497 e. The smallest absolute Gasteiger partial charge is 0.305 e. The van der Waals surface area contributed by atoms with Crippen LogP contribution in [0.1, 0.15) is 33.9 Å². The topological polar surface area (TPSA) is 119 Å². The molecule has 0 aromatic heterocycles. The lowest BCUT2D eigenvalue weighted by Crippen LogP contribution is -2.30. The van der Waals surface area contributed by atoms with Gasteiger partial charge in [-0.15, -0.1) is 0 Å². The van der Waals surface area contributed by atoms with Crippen LogP contribution in [0.2, 0.25) is 0 Å². The quantitative estimate of drug-likeness (QED) is 0.580. The van der Waals surface area contributed by atoms with Crippen molar-refractivity contribution in [1.29, 1.82) is 0 Å². The van der Waals surface area contributed by atoms with Gasteiger partial charge < -0.3 is 15.2 Å². The number of amides is 1. The number of rotatable bonds is 7. The molecule has 8 heteroatoms. The Hall–Kier alpha value is -3.42. The molecule has 0 aliphatic heterocycles. The van der Waals surface area contributed by atoms with E-state index in [2.05, 4.69) is 5.32 Å². The van der Waals surface area contributed by atoms with Gasteiger partial charge in [0.25, 0.3) is 11.6 Å². The van der Waals surface area contributed by atoms with Crippen molar-refractivity contribution in [3.05, 3.63) is 69.3 Å². The molecule has 8 nitrogen and oxygen atoms in total. The highest BCUT2D eigenvalue weighted by Crippen LogP contribution is 2.23. The first kappa shape index (κ1) is 18.9. The van der Waals surface area contributed by atoms with Crippen LogP contribution in [0.15, 0.2) is 42.5 Å². The highest BCUT2D eigenvalue weighted by molar-refractivity contribution is 5.95. The van der Waals surface area contributed by atoms with E-state index in [-0.39, 0.29) is 17.7 Å². The summed E-state index contributed by atoms with van der Waals surface area (Å²) in [6.45, 7) is 1.57. The molecule has 2 rings (SSSR count). The number of carbonyl (C=O) groups is 2. The zero-order valence-corrected chi connectivity index (χ0v) is 14.3. The SMILES string of the molecule is COc1ccc(C(CC(=O)O)NC(=O)c2ccc(C)c([N+](=O)[O-])c2)cc1. The van der Waals surface area contributed by atoms with Crippen LogP contribution in [0.3, 0.4) is 0 Å². The van der Waals surface area contributed by atoms with Gasteiger partial charge in [-0.2, -0.15) is 0 Å². The van der Waals surface area contributed by atoms with Gasteiger partial charge in [-0.1, -0.05) is 18.2 Å². The monoisotopic (exact) mass is 358 g/mol. The number of nitro groups is 1. The van der Waals surface area contributed by atoms with Gasteiger partial charge in [-0.3, -0.25) is 19.7 Å². The Kier molecular flexibility index (Phi) is 5.90. The molecule has 2 aromatic rings. The molecule has 0 fully saturated rings. The number of carboxylic acids is 1. The van der Waals surface area contributed by atoms with Gasteiger partial charge in [-0.05, 0) is 30.7 Å². The Bertz CT molecular complexity index is 832. The Morgan fingerprint density at radius 2 is 1.88 bits per heavy atom. The number of benzene rings is 2. The zero-order chi connectivity index (χ0) is 19.3. The lowest BCUT2D eigenvalue weighted by molar-refractivity contribution is -0.385. The predicted molar refractivity (Wildman–Crippen MR) is 93.3 cm³/mol. The third kappa shape index (κ3) is 4.56. The molecule has 0 aliphatic rings. The van der Waals surface area contributed by atoms with E-state index in [0.717, 1.165) is 0 Å². The van der Waals surface area contributed by atoms with Crippen LogP contribution in [0.4, 0.5) is 5.69 Å². The number of hydrogen-bond acceptors (Lipinski definition) is 5. The molecule has 26 heavy (non-hydrogen) atoms. The van der Waals surface area contributed by atoms with Crippen molar-refractivity contribution in [2.24, 2.45) is 0 Å². The van der Waals surface area contributed by atoms with Crippen LogP contribution in [0.5, 0.6) is 5.75 Å². The van der Waals surface area contributed by atoms with Gasteiger partial charge in [0.1, 0.15) is 5.75 Å². The Labute approximate surface area is 149 Å². The number of nitrogens with zero attached hydrogens (tertiary/aromatic N) is 1. The molecule has 0 heterocycles. The second kappa shape index (κ2) is 8.11. The predicted octanol–water partition coefficient (Wildman–Crippen LogP) is 2.86. The maximum Gasteiger partial charge on any atom is 0.305 e. The minimum absolute atomic E-state index is 0.0891. The largest absolute Gasteiger partial charge is 0.497 e. The summed E-state index contributed by atoms with van der Waals surface area (Å²) in [5, 5.41) is 22.8. The van der Waals surface area contributed by atoms with Gasteiger partial charge >= 0.3 is 5.97 Å². The highest BCUT2D eigenvalue weighted by Gasteiger charge is 2.21. The summed E-state index contributed by atoms with van der Waals surface area (Å²) in [5.74, 6) is -1.07. The van der Waals surface area contributed by atoms with Gasteiger partial charge in [0.15, 0.2) is 0 Å². The average Bonchev–Trinajstić information content (AvgIpc) is 2.61. The third-order valence-corrected chi connectivity index (χ3v) is 3.87. The first-order chi connectivity index (χ1) is 12.3. The van der Waals surface area contributed by atoms with E-state index in [0.29, 0.717) is 16.9 Å². The van der Waals surface area contributed by atoms with Crippen molar-refractivity contribution in [2.45, 2.75) is 19.4 Å². The maximum atomic E-state index is 12.5. The molecule has 0 radical (unpaired) electrons. The number of ether oxygens (including phenoxy) is 1. The van der Waals surface area contributed by atoms with Gasteiger partial charge in [0.05, 0.1) is 24.5 Å². The summed E-state index contributed by atoms with van der Waals surface area (Å²) >= 11 is 0. The average molecular weight is 358 g/mol. The van der Waals surface area contributed by atoms with Crippen molar-refractivity contribution in [1.82, 2.24) is 5.32 Å². The van der Waals surface area contributed by atoms with Crippen LogP contribution >= 0.6 is 0 Å². The first-order valence-corrected chi connectivity index (χ1v) is 7.73. The van der Waals surface area contributed by atoms with Crippen molar-refractivity contribution in [3.63, 3.8) is 0 Å². The fraction of sp³-hybridized carbons (Fsp3) is 0.222. The van der Waals surface area contributed by atoms with Crippen LogP contribution in [-0.4, -0.2) is 29.0 Å². The molecule has 0 saturated heterocycles. The highest BCUT2D eigenvalue weighted by atomic mass is 16.6. The van der Waals surface area contributed by atoms with E-state index in [1.807, 2.05) is 0 Å². The van der Waals surface area contributed by atoms with E-state index >= 15 is 0 Å². The number of carbonyl (C=O) groups excluding carboxylic acids is 1. The molecule has 0 spiro atoms. The molecular formula is C18H18N2O6. The number of hydrogen-bond donors (Lipinski definition) is 2. The third-order valence-electron chi connectivity index (χ3n) is 3.87. The van der Waals surface area contributed by atoms with Crippen LogP contribution < -0.4 is 10.1 Å². The molecule has 0 saturated carbocycles.